The van der Waals surface area contributed by atoms with Gasteiger partial charge in [-0.2, -0.15) is 0 Å². The Morgan fingerprint density at radius 3 is 2.89 bits per heavy atom. The minimum absolute atomic E-state index is 0.00325. The quantitative estimate of drug-likeness (QED) is 0.453. The number of carbonyl (C=O) groups excluding carboxylic acids is 1. The first-order valence-corrected chi connectivity index (χ1v) is 10.9. The predicted octanol–water partition coefficient (Wildman–Crippen LogP) is 4.00. The third-order valence-electron chi connectivity index (χ3n) is 5.82. The summed E-state index contributed by atoms with van der Waals surface area (Å²) in [5.74, 6) is 1.11. The van der Waals surface area contributed by atoms with Crippen molar-refractivity contribution in [2.24, 2.45) is 11.8 Å². The van der Waals surface area contributed by atoms with Crippen molar-refractivity contribution in [3.8, 4) is 0 Å². The minimum atomic E-state index is -0.339. The van der Waals surface area contributed by atoms with E-state index in [0.29, 0.717) is 34.4 Å². The molecule has 0 saturated heterocycles. The van der Waals surface area contributed by atoms with Crippen LogP contribution in [-0.2, 0) is 11.3 Å². The molecule has 0 aliphatic heterocycles. The van der Waals surface area contributed by atoms with Crippen LogP contribution in [0.1, 0.15) is 40.0 Å². The van der Waals surface area contributed by atoms with Crippen molar-refractivity contribution >= 4 is 28.6 Å². The first-order valence-electron chi connectivity index (χ1n) is 10.00. The summed E-state index contributed by atoms with van der Waals surface area (Å²) in [7, 11) is 0. The second kappa shape index (κ2) is 8.95. The number of hydrogen-bond donors (Lipinski definition) is 1. The summed E-state index contributed by atoms with van der Waals surface area (Å²) in [6, 6.07) is 7.52. The van der Waals surface area contributed by atoms with Gasteiger partial charge in [0, 0.05) is 12.6 Å². The fourth-order valence-electron chi connectivity index (χ4n) is 3.83. The van der Waals surface area contributed by atoms with E-state index in [1.54, 1.807) is 16.7 Å². The topological polar surface area (TPSA) is 64.0 Å². The van der Waals surface area contributed by atoms with Gasteiger partial charge in [0.15, 0.2) is 5.16 Å². The Kier molecular flexibility index (Phi) is 6.60. The molecule has 0 radical (unpaired) electrons. The third-order valence-corrected chi connectivity index (χ3v) is 6.91. The van der Waals surface area contributed by atoms with Gasteiger partial charge in [0.1, 0.15) is 0 Å². The van der Waals surface area contributed by atoms with Crippen LogP contribution in [0, 0.1) is 11.8 Å². The lowest BCUT2D eigenvalue weighted by atomic mass is 9.78. The highest BCUT2D eigenvalue weighted by molar-refractivity contribution is 8.00. The van der Waals surface area contributed by atoms with Crippen molar-refractivity contribution < 1.29 is 4.79 Å². The number of fused-ring (bicyclic) bond motifs is 1. The van der Waals surface area contributed by atoms with E-state index in [4.69, 9.17) is 0 Å². The molecule has 6 heteroatoms. The SMILES string of the molecule is C=CCn1c(S[C@H](C)C(=O)N[C@@H]2CCC[C@@H](C)[C@H]2C)nc2ccccc2c1=O. The van der Waals surface area contributed by atoms with Crippen LogP contribution in [0.15, 0.2) is 46.9 Å². The van der Waals surface area contributed by atoms with Gasteiger partial charge in [0.25, 0.3) is 5.56 Å². The molecule has 1 fully saturated rings. The molecular weight excluding hydrogens is 370 g/mol. The maximum atomic E-state index is 12.8. The zero-order valence-corrected chi connectivity index (χ0v) is 17.7. The predicted molar refractivity (Wildman–Crippen MR) is 116 cm³/mol. The highest BCUT2D eigenvalue weighted by Crippen LogP contribution is 2.30. The van der Waals surface area contributed by atoms with Crippen molar-refractivity contribution in [2.45, 2.75) is 63.0 Å². The van der Waals surface area contributed by atoms with Gasteiger partial charge in [-0.25, -0.2) is 4.98 Å². The van der Waals surface area contributed by atoms with Crippen LogP contribution in [0.2, 0.25) is 0 Å². The molecule has 0 unspecified atom stereocenters. The fourth-order valence-corrected chi connectivity index (χ4v) is 4.75. The Morgan fingerprint density at radius 1 is 1.39 bits per heavy atom. The summed E-state index contributed by atoms with van der Waals surface area (Å²) in [5.41, 5.74) is 0.549. The smallest absolute Gasteiger partial charge is 0.262 e. The lowest BCUT2D eigenvalue weighted by Gasteiger charge is -2.35. The molecule has 150 valence electrons. The summed E-state index contributed by atoms with van der Waals surface area (Å²) >= 11 is 1.33. The first kappa shape index (κ1) is 20.6. The number of rotatable bonds is 6. The molecule has 1 amide bonds. The molecule has 4 atom stereocenters. The minimum Gasteiger partial charge on any atom is -0.352 e. The second-order valence-corrected chi connectivity index (χ2v) is 9.07. The normalized spacial score (nSPS) is 23.3. The average molecular weight is 400 g/mol. The monoisotopic (exact) mass is 399 g/mol. The molecule has 28 heavy (non-hydrogen) atoms. The van der Waals surface area contributed by atoms with E-state index >= 15 is 0 Å². The summed E-state index contributed by atoms with van der Waals surface area (Å²) in [4.78, 5) is 30.3. The van der Waals surface area contributed by atoms with Crippen LogP contribution in [-0.4, -0.2) is 26.8 Å². The summed E-state index contributed by atoms with van der Waals surface area (Å²) < 4.78 is 1.59. The molecule has 1 saturated carbocycles. The highest BCUT2D eigenvalue weighted by atomic mass is 32.2. The van der Waals surface area contributed by atoms with E-state index in [1.165, 1.54) is 18.2 Å². The molecule has 1 N–H and O–H groups in total. The van der Waals surface area contributed by atoms with Crippen LogP contribution in [0.25, 0.3) is 10.9 Å². The largest absolute Gasteiger partial charge is 0.352 e. The van der Waals surface area contributed by atoms with Gasteiger partial charge >= 0.3 is 0 Å². The maximum absolute atomic E-state index is 12.8. The van der Waals surface area contributed by atoms with Crippen LogP contribution in [0.5, 0.6) is 0 Å². The van der Waals surface area contributed by atoms with Crippen molar-refractivity contribution in [1.29, 1.82) is 0 Å². The van der Waals surface area contributed by atoms with E-state index in [-0.39, 0.29) is 22.8 Å². The molecule has 0 spiro atoms. The molecule has 3 rings (SSSR count). The number of allylic oxidation sites excluding steroid dienone is 1. The number of amides is 1. The summed E-state index contributed by atoms with van der Waals surface area (Å²) in [6.07, 6.45) is 5.09. The highest BCUT2D eigenvalue weighted by Gasteiger charge is 2.29. The zero-order chi connectivity index (χ0) is 20.3. The molecule has 1 heterocycles. The van der Waals surface area contributed by atoms with E-state index in [9.17, 15) is 9.59 Å². The number of aromatic nitrogens is 2. The van der Waals surface area contributed by atoms with Crippen molar-refractivity contribution in [3.63, 3.8) is 0 Å². The van der Waals surface area contributed by atoms with Crippen LogP contribution < -0.4 is 10.9 Å². The molecule has 1 aromatic carbocycles. The Morgan fingerprint density at radius 2 is 2.14 bits per heavy atom. The van der Waals surface area contributed by atoms with E-state index in [2.05, 4.69) is 30.7 Å². The number of hydrogen-bond acceptors (Lipinski definition) is 4. The fraction of sp³-hybridized carbons (Fsp3) is 0.500. The van der Waals surface area contributed by atoms with E-state index in [0.717, 1.165) is 12.8 Å². The number of nitrogens with zero attached hydrogens (tertiary/aromatic N) is 2. The third kappa shape index (κ3) is 4.32. The number of benzene rings is 1. The number of thioether (sulfide) groups is 1. The lowest BCUT2D eigenvalue weighted by Crippen LogP contribution is -2.46. The maximum Gasteiger partial charge on any atom is 0.262 e. The van der Waals surface area contributed by atoms with Gasteiger partial charge in [0.05, 0.1) is 16.2 Å². The summed E-state index contributed by atoms with van der Waals surface area (Å²) in [5, 5.41) is 4.02. The van der Waals surface area contributed by atoms with Crippen molar-refractivity contribution in [2.75, 3.05) is 0 Å². The van der Waals surface area contributed by atoms with Crippen LogP contribution in [0.3, 0.4) is 0 Å². The Hall–Kier alpha value is -2.08. The molecule has 5 nitrogen and oxygen atoms in total. The van der Waals surface area contributed by atoms with Gasteiger partial charge in [-0.05, 0) is 37.3 Å². The average Bonchev–Trinajstić information content (AvgIpc) is 2.68. The van der Waals surface area contributed by atoms with Crippen LogP contribution in [0.4, 0.5) is 0 Å². The standard InChI is InChI=1S/C22H29N3O2S/c1-5-13-25-21(27)17-10-6-7-11-19(17)24-22(25)28-16(4)20(26)23-18-12-8-9-14(2)15(18)3/h5-7,10-11,14-16,18H,1,8-9,12-13H2,2-4H3,(H,23,26)/t14-,15-,16-,18-/m1/s1. The molecule has 1 aromatic heterocycles. The second-order valence-electron chi connectivity index (χ2n) is 7.76. The van der Waals surface area contributed by atoms with Gasteiger partial charge in [-0.3, -0.25) is 14.2 Å². The van der Waals surface area contributed by atoms with E-state index < -0.39 is 0 Å². The zero-order valence-electron chi connectivity index (χ0n) is 16.9. The van der Waals surface area contributed by atoms with Crippen molar-refractivity contribution in [1.82, 2.24) is 14.9 Å². The Balaban J connectivity index is 1.81. The Labute approximate surface area is 170 Å². The van der Waals surface area contributed by atoms with Gasteiger partial charge in [0.2, 0.25) is 5.91 Å². The molecule has 1 aliphatic carbocycles. The number of carbonyl (C=O) groups is 1. The molecule has 0 bridgehead atoms. The van der Waals surface area contributed by atoms with Gasteiger partial charge < -0.3 is 5.32 Å². The number of nitrogens with one attached hydrogen (secondary N) is 1. The summed E-state index contributed by atoms with van der Waals surface area (Å²) in [6.45, 7) is 10.5. The Bertz CT molecular complexity index is 924. The molecule has 2 aromatic rings. The number of para-hydroxylation sites is 1. The van der Waals surface area contributed by atoms with Crippen LogP contribution >= 0.6 is 11.8 Å². The van der Waals surface area contributed by atoms with E-state index in [1.807, 2.05) is 25.1 Å². The molecule has 1 aliphatic rings. The van der Waals surface area contributed by atoms with Crippen molar-refractivity contribution in [3.05, 3.63) is 47.3 Å². The lowest BCUT2D eigenvalue weighted by molar-refractivity contribution is -0.121. The van der Waals surface area contributed by atoms with Gasteiger partial charge in [-0.1, -0.05) is 56.7 Å². The molecular formula is C22H29N3O2S. The first-order chi connectivity index (χ1) is 13.4. The van der Waals surface area contributed by atoms with Gasteiger partial charge in [-0.15, -0.1) is 6.58 Å².